The van der Waals surface area contributed by atoms with Crippen LogP contribution in [0.5, 0.6) is 0 Å². The minimum absolute atomic E-state index is 0.726. The molecule has 0 heteroatoms. The van der Waals surface area contributed by atoms with Crippen LogP contribution >= 0.6 is 0 Å². The fourth-order valence-electron chi connectivity index (χ4n) is 1.49. The average molecular weight is 150 g/mol. The molecule has 0 spiro atoms. The molecule has 11 heavy (non-hydrogen) atoms. The van der Waals surface area contributed by atoms with E-state index in [0.717, 1.165) is 11.8 Å². The Labute approximate surface area is 70.0 Å². The van der Waals surface area contributed by atoms with Crippen LogP contribution in [0.25, 0.3) is 0 Å². The number of hydrogen-bond acceptors (Lipinski definition) is 0. The van der Waals surface area contributed by atoms with E-state index in [4.69, 9.17) is 0 Å². The second-order valence-corrected chi connectivity index (χ2v) is 3.77. The zero-order chi connectivity index (χ0) is 8.27. The van der Waals surface area contributed by atoms with E-state index in [1.54, 1.807) is 0 Å². The molecule has 1 aliphatic rings. The highest BCUT2D eigenvalue weighted by Crippen LogP contribution is 2.23. The Morgan fingerprint density at radius 2 is 2.18 bits per heavy atom. The van der Waals surface area contributed by atoms with Gasteiger partial charge in [0.25, 0.3) is 0 Å². The third-order valence-electron chi connectivity index (χ3n) is 2.10. The van der Waals surface area contributed by atoms with E-state index >= 15 is 0 Å². The Morgan fingerprint density at radius 1 is 1.45 bits per heavy atom. The van der Waals surface area contributed by atoms with Gasteiger partial charge in [-0.05, 0) is 24.7 Å². The fraction of sp³-hybridized carbons (Fsp3) is 0.636. The highest BCUT2D eigenvalue weighted by Gasteiger charge is 2.07. The van der Waals surface area contributed by atoms with Gasteiger partial charge in [-0.3, -0.25) is 0 Å². The van der Waals surface area contributed by atoms with Crippen molar-refractivity contribution in [1.82, 2.24) is 0 Å². The number of rotatable bonds is 3. The molecule has 0 amide bonds. The quantitative estimate of drug-likeness (QED) is 0.577. The van der Waals surface area contributed by atoms with Crippen molar-refractivity contribution < 1.29 is 0 Å². The molecule has 1 rings (SSSR count). The summed E-state index contributed by atoms with van der Waals surface area (Å²) in [5.41, 5.74) is 1.53. The maximum absolute atomic E-state index is 2.40. The summed E-state index contributed by atoms with van der Waals surface area (Å²) in [6.45, 7) is 6.78. The molecule has 0 heterocycles. The minimum atomic E-state index is 0.726. The van der Waals surface area contributed by atoms with Gasteiger partial charge in [0, 0.05) is 0 Å². The van der Waals surface area contributed by atoms with Gasteiger partial charge in [-0.1, -0.05) is 44.6 Å². The summed E-state index contributed by atoms with van der Waals surface area (Å²) in [4.78, 5) is 0. The maximum Gasteiger partial charge on any atom is -0.00471 e. The van der Waals surface area contributed by atoms with Crippen molar-refractivity contribution in [2.24, 2.45) is 11.8 Å². The van der Waals surface area contributed by atoms with Crippen molar-refractivity contribution in [3.8, 4) is 0 Å². The van der Waals surface area contributed by atoms with Crippen LogP contribution in [0.2, 0.25) is 0 Å². The third kappa shape index (κ3) is 2.53. The van der Waals surface area contributed by atoms with Crippen molar-refractivity contribution in [2.45, 2.75) is 33.6 Å². The molecule has 0 aromatic heterocycles. The SMILES string of the molecule is CCC1C=CC(CC(C)C)=C1. The predicted molar refractivity (Wildman–Crippen MR) is 50.5 cm³/mol. The molecule has 1 atom stereocenters. The first-order valence-corrected chi connectivity index (χ1v) is 4.61. The van der Waals surface area contributed by atoms with Crippen LogP contribution < -0.4 is 0 Å². The van der Waals surface area contributed by atoms with Crippen molar-refractivity contribution in [2.75, 3.05) is 0 Å². The van der Waals surface area contributed by atoms with E-state index < -0.39 is 0 Å². The van der Waals surface area contributed by atoms with Crippen LogP contribution in [0.4, 0.5) is 0 Å². The predicted octanol–water partition coefficient (Wildman–Crippen LogP) is 3.55. The lowest BCUT2D eigenvalue weighted by molar-refractivity contribution is 0.648. The first-order chi connectivity index (χ1) is 5.22. The van der Waals surface area contributed by atoms with E-state index in [-0.39, 0.29) is 0 Å². The summed E-state index contributed by atoms with van der Waals surface area (Å²) in [6, 6.07) is 0. The fourth-order valence-corrected chi connectivity index (χ4v) is 1.49. The molecule has 0 N–H and O–H groups in total. The molecule has 0 aromatic carbocycles. The van der Waals surface area contributed by atoms with E-state index in [2.05, 4.69) is 39.0 Å². The summed E-state index contributed by atoms with van der Waals surface area (Å²) in [6.07, 6.45) is 9.50. The van der Waals surface area contributed by atoms with Gasteiger partial charge in [0.1, 0.15) is 0 Å². The molecule has 62 valence electrons. The highest BCUT2D eigenvalue weighted by atomic mass is 14.1. The highest BCUT2D eigenvalue weighted by molar-refractivity contribution is 5.28. The molecule has 1 unspecified atom stereocenters. The van der Waals surface area contributed by atoms with Gasteiger partial charge < -0.3 is 0 Å². The second-order valence-electron chi connectivity index (χ2n) is 3.77. The largest absolute Gasteiger partial charge is 0.0774 e. The summed E-state index contributed by atoms with van der Waals surface area (Å²) < 4.78 is 0. The minimum Gasteiger partial charge on any atom is -0.0774 e. The third-order valence-corrected chi connectivity index (χ3v) is 2.10. The van der Waals surface area contributed by atoms with Crippen LogP contribution in [-0.2, 0) is 0 Å². The van der Waals surface area contributed by atoms with Crippen molar-refractivity contribution in [3.05, 3.63) is 23.8 Å². The Hall–Kier alpha value is -0.520. The lowest BCUT2D eigenvalue weighted by Gasteiger charge is -2.02. The summed E-state index contributed by atoms with van der Waals surface area (Å²) in [5.74, 6) is 1.52. The smallest absolute Gasteiger partial charge is 0.00471 e. The Balaban J connectivity index is 2.44. The van der Waals surface area contributed by atoms with E-state index in [9.17, 15) is 0 Å². The Kier molecular flexibility index (Phi) is 2.92. The second kappa shape index (κ2) is 3.75. The lowest BCUT2D eigenvalue weighted by Crippen LogP contribution is -1.88. The molecule has 0 nitrogen and oxygen atoms in total. The van der Waals surface area contributed by atoms with E-state index in [0.29, 0.717) is 0 Å². The molecule has 0 radical (unpaired) electrons. The van der Waals surface area contributed by atoms with Crippen LogP contribution in [0.1, 0.15) is 33.6 Å². The van der Waals surface area contributed by atoms with Gasteiger partial charge >= 0.3 is 0 Å². The number of allylic oxidation sites excluding steroid dienone is 4. The molecular weight excluding hydrogens is 132 g/mol. The van der Waals surface area contributed by atoms with Crippen LogP contribution in [0.15, 0.2) is 23.8 Å². The van der Waals surface area contributed by atoms with Gasteiger partial charge in [-0.15, -0.1) is 0 Å². The van der Waals surface area contributed by atoms with Gasteiger partial charge in [-0.2, -0.15) is 0 Å². The van der Waals surface area contributed by atoms with Crippen molar-refractivity contribution >= 4 is 0 Å². The lowest BCUT2D eigenvalue weighted by atomic mass is 10.0. The summed E-state index contributed by atoms with van der Waals surface area (Å²) in [7, 11) is 0. The zero-order valence-electron chi connectivity index (χ0n) is 7.80. The molecule has 0 bridgehead atoms. The van der Waals surface area contributed by atoms with Crippen LogP contribution in [0, 0.1) is 11.8 Å². The maximum atomic E-state index is 2.40. The van der Waals surface area contributed by atoms with Gasteiger partial charge in [0.15, 0.2) is 0 Å². The molecule has 0 aliphatic heterocycles. The first kappa shape index (κ1) is 8.58. The van der Waals surface area contributed by atoms with E-state index in [1.807, 2.05) is 0 Å². The van der Waals surface area contributed by atoms with Gasteiger partial charge in [0.05, 0.1) is 0 Å². The molecule has 0 aromatic rings. The molecular formula is C11H18. The van der Waals surface area contributed by atoms with E-state index in [1.165, 1.54) is 18.4 Å². The monoisotopic (exact) mass is 150 g/mol. The topological polar surface area (TPSA) is 0 Å². The van der Waals surface area contributed by atoms with Crippen molar-refractivity contribution in [1.29, 1.82) is 0 Å². The standard InChI is InChI=1S/C11H18/c1-4-10-5-6-11(8-10)7-9(2)3/h5-6,8-10H,4,7H2,1-3H3. The Bertz CT molecular complexity index is 172. The first-order valence-electron chi connectivity index (χ1n) is 4.61. The van der Waals surface area contributed by atoms with Gasteiger partial charge in [-0.25, -0.2) is 0 Å². The van der Waals surface area contributed by atoms with Gasteiger partial charge in [0.2, 0.25) is 0 Å². The molecule has 1 aliphatic carbocycles. The zero-order valence-corrected chi connectivity index (χ0v) is 7.80. The normalized spacial score (nSPS) is 22.9. The summed E-state index contributed by atoms with van der Waals surface area (Å²) in [5, 5.41) is 0. The molecule has 0 fully saturated rings. The molecule has 0 saturated heterocycles. The summed E-state index contributed by atoms with van der Waals surface area (Å²) >= 11 is 0. The average Bonchev–Trinajstić information content (AvgIpc) is 2.34. The van der Waals surface area contributed by atoms with Crippen LogP contribution in [0.3, 0.4) is 0 Å². The van der Waals surface area contributed by atoms with Crippen LogP contribution in [-0.4, -0.2) is 0 Å². The Morgan fingerprint density at radius 3 is 2.64 bits per heavy atom. The molecule has 0 saturated carbocycles. The van der Waals surface area contributed by atoms with Crippen molar-refractivity contribution in [3.63, 3.8) is 0 Å². The number of hydrogen-bond donors (Lipinski definition) is 0.